The molecular formula is C23H34O2. The molecule has 2 N–H and O–H groups in total. The molecule has 25 heavy (non-hydrogen) atoms. The van der Waals surface area contributed by atoms with E-state index in [1.165, 1.54) is 16.7 Å². The number of aryl methyl sites for hydroxylation is 1. The Bertz CT molecular complexity index is 672. The summed E-state index contributed by atoms with van der Waals surface area (Å²) in [7, 11) is 0. The average Bonchev–Trinajstić information content (AvgIpc) is 2.54. The molecule has 2 nitrogen and oxygen atoms in total. The number of hydrogen-bond acceptors (Lipinski definition) is 2. The Kier molecular flexibility index (Phi) is 8.54. The molecule has 0 aliphatic rings. The van der Waals surface area contributed by atoms with Crippen LogP contribution in [0.3, 0.4) is 0 Å². The third-order valence-electron chi connectivity index (χ3n) is 4.66. The quantitative estimate of drug-likeness (QED) is 0.409. The van der Waals surface area contributed by atoms with Gasteiger partial charge in [0.1, 0.15) is 0 Å². The summed E-state index contributed by atoms with van der Waals surface area (Å²) in [5.41, 5.74) is 6.68. The zero-order valence-corrected chi connectivity index (χ0v) is 16.7. The van der Waals surface area contributed by atoms with Gasteiger partial charge in [0.05, 0.1) is 0 Å². The highest BCUT2D eigenvalue weighted by Crippen LogP contribution is 2.35. The molecule has 0 spiro atoms. The molecule has 1 rings (SSSR count). The summed E-state index contributed by atoms with van der Waals surface area (Å²) in [4.78, 5) is 0. The number of phenols is 2. The highest BCUT2D eigenvalue weighted by molar-refractivity contribution is 5.53. The number of hydrogen-bond donors (Lipinski definition) is 2. The van der Waals surface area contributed by atoms with Crippen molar-refractivity contribution in [1.29, 1.82) is 0 Å². The van der Waals surface area contributed by atoms with Gasteiger partial charge >= 0.3 is 0 Å². The molecule has 0 radical (unpaired) electrons. The molecule has 0 heterocycles. The number of aromatic hydroxyl groups is 2. The van der Waals surface area contributed by atoms with E-state index >= 15 is 0 Å². The summed E-state index contributed by atoms with van der Waals surface area (Å²) in [5.74, 6) is 0.0261. The van der Waals surface area contributed by atoms with Crippen LogP contribution >= 0.6 is 0 Å². The molecule has 0 unspecified atom stereocenters. The van der Waals surface area contributed by atoms with Crippen LogP contribution in [-0.2, 0) is 6.42 Å². The molecule has 138 valence electrons. The Morgan fingerprint density at radius 3 is 2.00 bits per heavy atom. The van der Waals surface area contributed by atoms with E-state index in [4.69, 9.17) is 0 Å². The minimum absolute atomic E-state index is 0.0102. The fourth-order valence-corrected chi connectivity index (χ4v) is 2.73. The highest BCUT2D eigenvalue weighted by Gasteiger charge is 2.11. The van der Waals surface area contributed by atoms with Crippen molar-refractivity contribution in [2.24, 2.45) is 0 Å². The molecule has 0 saturated carbocycles. The third kappa shape index (κ3) is 7.21. The first-order valence-electron chi connectivity index (χ1n) is 9.18. The van der Waals surface area contributed by atoms with Gasteiger partial charge in [-0.2, -0.15) is 0 Å². The Morgan fingerprint density at radius 2 is 1.40 bits per heavy atom. The Hall–Kier alpha value is -1.96. The third-order valence-corrected chi connectivity index (χ3v) is 4.66. The summed E-state index contributed by atoms with van der Waals surface area (Å²) < 4.78 is 0. The van der Waals surface area contributed by atoms with Gasteiger partial charge in [-0.1, -0.05) is 41.0 Å². The molecule has 0 aliphatic carbocycles. The second-order valence-electron chi connectivity index (χ2n) is 7.34. The zero-order valence-electron chi connectivity index (χ0n) is 16.7. The first-order chi connectivity index (χ1) is 11.7. The van der Waals surface area contributed by atoms with Crippen molar-refractivity contribution in [3.8, 4) is 11.5 Å². The molecule has 0 saturated heterocycles. The van der Waals surface area contributed by atoms with Crippen molar-refractivity contribution in [3.05, 3.63) is 57.7 Å². The van der Waals surface area contributed by atoms with Gasteiger partial charge < -0.3 is 10.2 Å². The summed E-state index contributed by atoms with van der Waals surface area (Å²) >= 11 is 0. The first kappa shape index (κ1) is 21.1. The van der Waals surface area contributed by atoms with Crippen molar-refractivity contribution in [1.82, 2.24) is 0 Å². The minimum atomic E-state index is 0.0102. The number of rotatable bonds is 8. The van der Waals surface area contributed by atoms with Crippen molar-refractivity contribution in [3.63, 3.8) is 0 Å². The van der Waals surface area contributed by atoms with Gasteiger partial charge in [0.25, 0.3) is 0 Å². The van der Waals surface area contributed by atoms with E-state index in [9.17, 15) is 10.2 Å². The van der Waals surface area contributed by atoms with Crippen LogP contribution in [-0.4, -0.2) is 10.2 Å². The molecule has 0 amide bonds. The van der Waals surface area contributed by atoms with Crippen LogP contribution in [0.1, 0.15) is 70.1 Å². The maximum atomic E-state index is 10.1. The lowest BCUT2D eigenvalue weighted by Crippen LogP contribution is -1.91. The Labute approximate surface area is 153 Å². The SMILES string of the molecule is CC(C)=CCCC(C)=CCCC(C)=CCc1cc(C)c(C)c(O)c1O. The summed E-state index contributed by atoms with van der Waals surface area (Å²) in [6, 6.07) is 1.96. The van der Waals surface area contributed by atoms with E-state index in [0.29, 0.717) is 6.42 Å². The Balaban J connectivity index is 2.56. The monoisotopic (exact) mass is 342 g/mol. The van der Waals surface area contributed by atoms with Crippen LogP contribution in [0, 0.1) is 13.8 Å². The van der Waals surface area contributed by atoms with E-state index in [1.54, 1.807) is 0 Å². The zero-order chi connectivity index (χ0) is 19.0. The van der Waals surface area contributed by atoms with Gasteiger partial charge in [0.15, 0.2) is 11.5 Å². The van der Waals surface area contributed by atoms with Gasteiger partial charge in [0, 0.05) is 5.56 Å². The lowest BCUT2D eigenvalue weighted by Gasteiger charge is -2.10. The standard InChI is InChI=1S/C23H34O2/c1-16(2)9-7-10-17(3)11-8-12-18(4)13-14-21-15-19(5)20(6)22(24)23(21)25/h9,11,13,15,24-25H,7-8,10,12,14H2,1-6H3. The lowest BCUT2D eigenvalue weighted by atomic mass is 10.00. The second-order valence-corrected chi connectivity index (χ2v) is 7.34. The summed E-state index contributed by atoms with van der Waals surface area (Å²) in [6.07, 6.45) is 11.7. The van der Waals surface area contributed by atoms with E-state index in [1.807, 2.05) is 19.9 Å². The molecule has 0 bridgehead atoms. The Morgan fingerprint density at radius 1 is 0.840 bits per heavy atom. The highest BCUT2D eigenvalue weighted by atomic mass is 16.3. The maximum absolute atomic E-state index is 10.1. The molecule has 1 aromatic carbocycles. The topological polar surface area (TPSA) is 40.5 Å². The fourth-order valence-electron chi connectivity index (χ4n) is 2.73. The number of benzene rings is 1. The van der Waals surface area contributed by atoms with Gasteiger partial charge in [-0.15, -0.1) is 0 Å². The number of phenolic OH excluding ortho intramolecular Hbond substituents is 2. The molecule has 2 heteroatoms. The molecule has 0 fully saturated rings. The van der Waals surface area contributed by atoms with E-state index < -0.39 is 0 Å². The van der Waals surface area contributed by atoms with Gasteiger partial charge in [-0.05, 0) is 84.8 Å². The fraction of sp³-hybridized carbons (Fsp3) is 0.478. The molecule has 0 atom stereocenters. The minimum Gasteiger partial charge on any atom is -0.504 e. The lowest BCUT2D eigenvalue weighted by molar-refractivity contribution is 0.397. The van der Waals surface area contributed by atoms with Crippen LogP contribution in [0.15, 0.2) is 41.0 Å². The van der Waals surface area contributed by atoms with Crippen molar-refractivity contribution in [2.75, 3.05) is 0 Å². The van der Waals surface area contributed by atoms with Crippen LogP contribution in [0.25, 0.3) is 0 Å². The summed E-state index contributed by atoms with van der Waals surface area (Å²) in [5, 5.41) is 20.1. The van der Waals surface area contributed by atoms with Crippen molar-refractivity contribution >= 4 is 0 Å². The molecule has 1 aromatic rings. The van der Waals surface area contributed by atoms with Crippen LogP contribution in [0.4, 0.5) is 0 Å². The van der Waals surface area contributed by atoms with Crippen molar-refractivity contribution < 1.29 is 10.2 Å². The van der Waals surface area contributed by atoms with Crippen LogP contribution in [0.2, 0.25) is 0 Å². The van der Waals surface area contributed by atoms with E-state index in [2.05, 4.69) is 45.9 Å². The number of allylic oxidation sites excluding steroid dienone is 6. The predicted octanol–water partition coefficient (Wildman–Crippen LogP) is 6.68. The maximum Gasteiger partial charge on any atom is 0.161 e. The largest absolute Gasteiger partial charge is 0.504 e. The van der Waals surface area contributed by atoms with Crippen LogP contribution < -0.4 is 0 Å². The average molecular weight is 343 g/mol. The van der Waals surface area contributed by atoms with Gasteiger partial charge in [-0.25, -0.2) is 0 Å². The van der Waals surface area contributed by atoms with Gasteiger partial charge in [0.2, 0.25) is 0 Å². The van der Waals surface area contributed by atoms with E-state index in [0.717, 1.165) is 42.4 Å². The van der Waals surface area contributed by atoms with Crippen molar-refractivity contribution in [2.45, 2.75) is 73.6 Å². The molecule has 0 aromatic heterocycles. The second kappa shape index (κ2) is 10.1. The summed E-state index contributed by atoms with van der Waals surface area (Å²) in [6.45, 7) is 12.4. The smallest absolute Gasteiger partial charge is 0.161 e. The molecule has 0 aliphatic heterocycles. The predicted molar refractivity (Wildman–Crippen MR) is 108 cm³/mol. The molecular weight excluding hydrogens is 308 g/mol. The van der Waals surface area contributed by atoms with E-state index in [-0.39, 0.29) is 11.5 Å². The van der Waals surface area contributed by atoms with Gasteiger partial charge in [-0.3, -0.25) is 0 Å². The van der Waals surface area contributed by atoms with Crippen LogP contribution in [0.5, 0.6) is 11.5 Å². The first-order valence-corrected chi connectivity index (χ1v) is 9.18. The normalized spacial score (nSPS) is 12.4.